The Bertz CT molecular complexity index is 1400. The summed E-state index contributed by atoms with van der Waals surface area (Å²) in [6.07, 6.45) is 2.51. The first-order chi connectivity index (χ1) is 18.3. The van der Waals surface area contributed by atoms with Crippen molar-refractivity contribution >= 4 is 23.0 Å². The van der Waals surface area contributed by atoms with Crippen LogP contribution in [0.25, 0.3) is 33.7 Å². The molecule has 0 atom stereocenters. The van der Waals surface area contributed by atoms with E-state index in [9.17, 15) is 18.0 Å². The van der Waals surface area contributed by atoms with E-state index in [-0.39, 0.29) is 11.7 Å². The number of alkyl halides is 3. The van der Waals surface area contributed by atoms with Gasteiger partial charge in [-0.15, -0.1) is 13.2 Å². The predicted molar refractivity (Wildman–Crippen MR) is 133 cm³/mol. The molecule has 0 bridgehead atoms. The third-order valence-corrected chi connectivity index (χ3v) is 6.32. The van der Waals surface area contributed by atoms with Crippen molar-refractivity contribution in [2.75, 3.05) is 24.6 Å². The molecule has 1 aliphatic heterocycles. The number of ether oxygens (including phenoxy) is 2. The van der Waals surface area contributed by atoms with E-state index in [1.165, 1.54) is 18.2 Å². The van der Waals surface area contributed by atoms with Gasteiger partial charge in [0.05, 0.1) is 23.3 Å². The summed E-state index contributed by atoms with van der Waals surface area (Å²) in [6, 6.07) is 7.55. The van der Waals surface area contributed by atoms with Gasteiger partial charge >= 0.3 is 12.3 Å². The first kappa shape index (κ1) is 25.4. The third kappa shape index (κ3) is 6.01. The van der Waals surface area contributed by atoms with Gasteiger partial charge in [-0.3, -0.25) is 9.78 Å². The first-order valence-corrected chi connectivity index (χ1v) is 12.2. The van der Waals surface area contributed by atoms with E-state index in [1.807, 2.05) is 13.0 Å². The minimum atomic E-state index is -4.76. The number of nitrogens with zero attached hydrogens (tertiary/aromatic N) is 5. The SMILES string of the molecule is CCOC(=O)CC1CCN(c2ncc(-c3ccc(-c4nc5ccc(OC(F)(F)F)cc5[nH]4)cn3)cn2)CC1. The lowest BCUT2D eigenvalue weighted by molar-refractivity contribution is -0.274. The van der Waals surface area contributed by atoms with Crippen LogP contribution in [0.4, 0.5) is 19.1 Å². The van der Waals surface area contributed by atoms with Crippen molar-refractivity contribution < 1.29 is 27.4 Å². The number of hydrogen-bond acceptors (Lipinski definition) is 8. The normalized spacial score (nSPS) is 14.6. The number of aromatic nitrogens is 5. The number of carbonyl (C=O) groups excluding carboxylic acids is 1. The van der Waals surface area contributed by atoms with E-state index in [4.69, 9.17) is 4.74 Å². The highest BCUT2D eigenvalue weighted by atomic mass is 19.4. The van der Waals surface area contributed by atoms with Crippen molar-refractivity contribution in [2.24, 2.45) is 5.92 Å². The fourth-order valence-corrected chi connectivity index (χ4v) is 4.44. The number of hydrogen-bond donors (Lipinski definition) is 1. The molecular formula is C26H25F3N6O3. The molecule has 1 aliphatic rings. The van der Waals surface area contributed by atoms with Gasteiger partial charge in [0.1, 0.15) is 11.6 Å². The molecule has 1 aromatic carbocycles. The van der Waals surface area contributed by atoms with Crippen molar-refractivity contribution in [3.63, 3.8) is 0 Å². The maximum absolute atomic E-state index is 12.5. The Morgan fingerprint density at radius 2 is 1.79 bits per heavy atom. The molecule has 0 saturated carbocycles. The molecule has 0 radical (unpaired) electrons. The highest BCUT2D eigenvalue weighted by Crippen LogP contribution is 2.29. The number of halogens is 3. The van der Waals surface area contributed by atoms with Crippen molar-refractivity contribution in [3.8, 4) is 28.4 Å². The standard InChI is InChI=1S/C26H25F3N6O3/c1-2-37-23(36)11-16-7-9-35(10-8-16)25-31-14-18(15-32-25)20-5-3-17(13-30-20)24-33-21-6-4-19(12-22(21)34-24)38-26(27,28)29/h3-6,12-16H,2,7-11H2,1H3,(H,33,34). The summed E-state index contributed by atoms with van der Waals surface area (Å²) >= 11 is 0. The Morgan fingerprint density at radius 1 is 1.05 bits per heavy atom. The average Bonchev–Trinajstić information content (AvgIpc) is 3.32. The van der Waals surface area contributed by atoms with Crippen molar-refractivity contribution in [1.82, 2.24) is 24.9 Å². The number of carbonyl (C=O) groups is 1. The minimum Gasteiger partial charge on any atom is -0.466 e. The molecule has 0 aliphatic carbocycles. The number of anilines is 1. The fraction of sp³-hybridized carbons (Fsp3) is 0.346. The van der Waals surface area contributed by atoms with Crippen LogP contribution in [0.15, 0.2) is 48.9 Å². The number of fused-ring (bicyclic) bond motifs is 1. The molecule has 4 heterocycles. The molecule has 1 N–H and O–H groups in total. The third-order valence-electron chi connectivity index (χ3n) is 6.32. The lowest BCUT2D eigenvalue weighted by atomic mass is 9.94. The van der Waals surface area contributed by atoms with Crippen LogP contribution in [0.5, 0.6) is 5.75 Å². The van der Waals surface area contributed by atoms with E-state index in [0.29, 0.717) is 53.0 Å². The van der Waals surface area contributed by atoms with Gasteiger partial charge in [0, 0.05) is 55.3 Å². The lowest BCUT2D eigenvalue weighted by Gasteiger charge is -2.31. The Kier molecular flexibility index (Phi) is 7.12. The molecule has 5 rings (SSSR count). The summed E-state index contributed by atoms with van der Waals surface area (Å²) < 4.78 is 46.5. The molecule has 0 amide bonds. The van der Waals surface area contributed by atoms with E-state index in [2.05, 4.69) is 34.6 Å². The van der Waals surface area contributed by atoms with Crippen LogP contribution in [0.3, 0.4) is 0 Å². The van der Waals surface area contributed by atoms with Crippen molar-refractivity contribution in [2.45, 2.75) is 32.5 Å². The van der Waals surface area contributed by atoms with Crippen LogP contribution in [0.1, 0.15) is 26.2 Å². The second-order valence-electron chi connectivity index (χ2n) is 8.96. The number of aromatic amines is 1. The quantitative estimate of drug-likeness (QED) is 0.330. The zero-order chi connectivity index (χ0) is 26.7. The summed E-state index contributed by atoms with van der Waals surface area (Å²) in [5.41, 5.74) is 3.01. The molecule has 198 valence electrons. The summed E-state index contributed by atoms with van der Waals surface area (Å²) in [7, 11) is 0. The van der Waals surface area contributed by atoms with E-state index < -0.39 is 6.36 Å². The van der Waals surface area contributed by atoms with Gasteiger partial charge in [-0.1, -0.05) is 0 Å². The van der Waals surface area contributed by atoms with Crippen LogP contribution < -0.4 is 9.64 Å². The van der Waals surface area contributed by atoms with Crippen LogP contribution in [-0.4, -0.2) is 56.9 Å². The van der Waals surface area contributed by atoms with Gasteiger partial charge in [0.2, 0.25) is 5.95 Å². The average molecular weight is 527 g/mol. The van der Waals surface area contributed by atoms with Crippen LogP contribution in [0, 0.1) is 5.92 Å². The van der Waals surface area contributed by atoms with Gasteiger partial charge < -0.3 is 19.4 Å². The Morgan fingerprint density at radius 3 is 2.45 bits per heavy atom. The molecule has 1 saturated heterocycles. The highest BCUT2D eigenvalue weighted by molar-refractivity contribution is 5.80. The summed E-state index contributed by atoms with van der Waals surface area (Å²) in [5, 5.41) is 0. The summed E-state index contributed by atoms with van der Waals surface area (Å²) in [4.78, 5) is 34.8. The molecular weight excluding hydrogens is 501 g/mol. The lowest BCUT2D eigenvalue weighted by Crippen LogP contribution is -2.35. The molecule has 38 heavy (non-hydrogen) atoms. The smallest absolute Gasteiger partial charge is 0.466 e. The van der Waals surface area contributed by atoms with Crippen LogP contribution in [0.2, 0.25) is 0 Å². The molecule has 0 spiro atoms. The molecule has 9 nitrogen and oxygen atoms in total. The van der Waals surface area contributed by atoms with Gasteiger partial charge in [0.15, 0.2) is 0 Å². The maximum Gasteiger partial charge on any atom is 0.573 e. The van der Waals surface area contributed by atoms with Crippen molar-refractivity contribution in [1.29, 1.82) is 0 Å². The molecule has 4 aromatic rings. The number of pyridine rings is 1. The zero-order valence-electron chi connectivity index (χ0n) is 20.5. The van der Waals surface area contributed by atoms with Gasteiger partial charge in [-0.2, -0.15) is 0 Å². The van der Waals surface area contributed by atoms with E-state index in [0.717, 1.165) is 31.5 Å². The number of H-pyrrole nitrogens is 1. The number of nitrogens with one attached hydrogen (secondary N) is 1. The monoisotopic (exact) mass is 526 g/mol. The molecule has 0 unspecified atom stereocenters. The Hall–Kier alpha value is -4.22. The van der Waals surface area contributed by atoms with E-state index >= 15 is 0 Å². The second kappa shape index (κ2) is 10.6. The largest absolute Gasteiger partial charge is 0.573 e. The number of benzene rings is 1. The summed E-state index contributed by atoms with van der Waals surface area (Å²) in [5.74, 6) is 0.958. The minimum absolute atomic E-state index is 0.143. The topological polar surface area (TPSA) is 106 Å². The number of imidazole rings is 1. The second-order valence-corrected chi connectivity index (χ2v) is 8.96. The number of piperidine rings is 1. The van der Waals surface area contributed by atoms with Crippen LogP contribution in [-0.2, 0) is 9.53 Å². The first-order valence-electron chi connectivity index (χ1n) is 12.2. The van der Waals surface area contributed by atoms with E-state index in [1.54, 1.807) is 24.7 Å². The fourth-order valence-electron chi connectivity index (χ4n) is 4.44. The Labute approximate surface area is 216 Å². The molecule has 3 aromatic heterocycles. The van der Waals surface area contributed by atoms with Gasteiger partial charge in [0.25, 0.3) is 0 Å². The molecule has 1 fully saturated rings. The Balaban J connectivity index is 1.22. The van der Waals surface area contributed by atoms with Crippen molar-refractivity contribution in [3.05, 3.63) is 48.9 Å². The number of esters is 1. The maximum atomic E-state index is 12.5. The van der Waals surface area contributed by atoms with Gasteiger partial charge in [-0.25, -0.2) is 15.0 Å². The zero-order valence-corrected chi connectivity index (χ0v) is 20.5. The number of rotatable bonds is 7. The van der Waals surface area contributed by atoms with Crippen LogP contribution >= 0.6 is 0 Å². The highest BCUT2D eigenvalue weighted by Gasteiger charge is 2.31. The molecule has 12 heteroatoms. The predicted octanol–water partition coefficient (Wildman–Crippen LogP) is 5.15. The van der Waals surface area contributed by atoms with Gasteiger partial charge in [-0.05, 0) is 49.9 Å². The summed E-state index contributed by atoms with van der Waals surface area (Å²) in [6.45, 7) is 3.76.